The van der Waals surface area contributed by atoms with Gasteiger partial charge in [-0.1, -0.05) is 22.0 Å². The Balaban J connectivity index is 2.97. The van der Waals surface area contributed by atoms with E-state index in [1.807, 2.05) is 0 Å². The third-order valence-electron chi connectivity index (χ3n) is 2.19. The second kappa shape index (κ2) is 6.31. The highest BCUT2D eigenvalue weighted by molar-refractivity contribution is 9.10. The van der Waals surface area contributed by atoms with Gasteiger partial charge in [0.05, 0.1) is 17.3 Å². The molecule has 0 aliphatic carbocycles. The quantitative estimate of drug-likeness (QED) is 0.819. The van der Waals surface area contributed by atoms with Crippen LogP contribution in [-0.2, 0) is 26.0 Å². The number of aliphatic hydroxyl groups is 1. The zero-order valence-corrected chi connectivity index (χ0v) is 12.1. The van der Waals surface area contributed by atoms with E-state index >= 15 is 0 Å². The van der Waals surface area contributed by atoms with E-state index in [4.69, 9.17) is 5.11 Å². The zero-order valence-electron chi connectivity index (χ0n) is 9.72. The first-order valence-corrected chi connectivity index (χ1v) is 7.57. The van der Waals surface area contributed by atoms with Gasteiger partial charge in [0.25, 0.3) is 0 Å². The molecule has 0 heterocycles. The number of aliphatic hydroxyl groups excluding tert-OH is 1. The first-order chi connectivity index (χ1) is 8.36. The van der Waals surface area contributed by atoms with Crippen molar-refractivity contribution < 1.29 is 23.1 Å². The number of halogens is 1. The first-order valence-electron chi connectivity index (χ1n) is 5.12. The Morgan fingerprint density at radius 1 is 1.44 bits per heavy atom. The molecule has 18 heavy (non-hydrogen) atoms. The number of esters is 1. The van der Waals surface area contributed by atoms with Gasteiger partial charge in [0.15, 0.2) is 9.84 Å². The van der Waals surface area contributed by atoms with Crippen molar-refractivity contribution in [3.05, 3.63) is 28.2 Å². The number of ether oxygens (including phenoxy) is 1. The van der Waals surface area contributed by atoms with Gasteiger partial charge in [0.1, 0.15) is 6.61 Å². The smallest absolute Gasteiger partial charge is 0.302 e. The second-order valence-corrected chi connectivity index (χ2v) is 6.56. The van der Waals surface area contributed by atoms with Crippen molar-refractivity contribution in [2.24, 2.45) is 0 Å². The van der Waals surface area contributed by atoms with Gasteiger partial charge in [-0.3, -0.25) is 4.79 Å². The average molecular weight is 337 g/mol. The van der Waals surface area contributed by atoms with E-state index in [0.29, 0.717) is 10.0 Å². The van der Waals surface area contributed by atoms with Gasteiger partial charge in [-0.25, -0.2) is 8.42 Å². The van der Waals surface area contributed by atoms with Crippen LogP contribution in [0.25, 0.3) is 0 Å². The van der Waals surface area contributed by atoms with Gasteiger partial charge in [0.2, 0.25) is 0 Å². The Bertz CT molecular complexity index is 538. The topological polar surface area (TPSA) is 80.7 Å². The number of hydrogen-bond donors (Lipinski definition) is 1. The van der Waals surface area contributed by atoms with Crippen LogP contribution >= 0.6 is 15.9 Å². The molecule has 0 atom stereocenters. The van der Waals surface area contributed by atoms with Gasteiger partial charge in [-0.15, -0.1) is 0 Å². The molecule has 0 unspecified atom stereocenters. The number of benzene rings is 1. The summed E-state index contributed by atoms with van der Waals surface area (Å²) in [7, 11) is -3.59. The molecule has 1 N–H and O–H groups in total. The van der Waals surface area contributed by atoms with Gasteiger partial charge >= 0.3 is 5.97 Å². The summed E-state index contributed by atoms with van der Waals surface area (Å²) in [6.45, 7) is 0.648. The Hall–Kier alpha value is -0.920. The lowest BCUT2D eigenvalue weighted by Gasteiger charge is -2.09. The molecule has 0 saturated carbocycles. The monoisotopic (exact) mass is 336 g/mol. The Labute approximate surface area is 114 Å². The molecule has 0 saturated heterocycles. The molecule has 0 radical (unpaired) electrons. The molecular formula is C11H13BrO5S. The molecule has 1 aromatic rings. The van der Waals surface area contributed by atoms with Gasteiger partial charge < -0.3 is 9.84 Å². The zero-order chi connectivity index (χ0) is 13.8. The number of sulfone groups is 1. The molecule has 0 aliphatic heterocycles. The number of carbonyl (C=O) groups excluding carboxylic acids is 1. The van der Waals surface area contributed by atoms with Crippen LogP contribution in [0.5, 0.6) is 0 Å². The van der Waals surface area contributed by atoms with Crippen LogP contribution in [0.3, 0.4) is 0 Å². The average Bonchev–Trinajstić information content (AvgIpc) is 2.28. The number of carbonyl (C=O) groups is 1. The maximum Gasteiger partial charge on any atom is 0.302 e. The minimum atomic E-state index is -3.59. The van der Waals surface area contributed by atoms with Gasteiger partial charge in [0, 0.05) is 11.4 Å². The molecule has 1 aromatic carbocycles. The third kappa shape index (κ3) is 4.08. The molecule has 7 heteroatoms. The summed E-state index contributed by atoms with van der Waals surface area (Å²) in [6.07, 6.45) is 0. The molecule has 0 aromatic heterocycles. The molecule has 0 bridgehead atoms. The maximum atomic E-state index is 12.0. The van der Waals surface area contributed by atoms with E-state index in [1.54, 1.807) is 6.07 Å². The lowest BCUT2D eigenvalue weighted by Crippen LogP contribution is -2.15. The summed E-state index contributed by atoms with van der Waals surface area (Å²) in [5.74, 6) is -0.836. The van der Waals surface area contributed by atoms with Crippen LogP contribution in [0.1, 0.15) is 12.5 Å². The highest BCUT2D eigenvalue weighted by Crippen LogP contribution is 2.22. The van der Waals surface area contributed by atoms with E-state index in [0.717, 1.165) is 0 Å². The van der Waals surface area contributed by atoms with Crippen molar-refractivity contribution in [3.63, 3.8) is 0 Å². The van der Waals surface area contributed by atoms with E-state index < -0.39 is 15.8 Å². The molecule has 5 nitrogen and oxygen atoms in total. The van der Waals surface area contributed by atoms with Crippen LogP contribution in [0.15, 0.2) is 27.6 Å². The van der Waals surface area contributed by atoms with Crippen LogP contribution < -0.4 is 0 Å². The second-order valence-electron chi connectivity index (χ2n) is 3.57. The summed E-state index contributed by atoms with van der Waals surface area (Å²) in [4.78, 5) is 10.6. The van der Waals surface area contributed by atoms with E-state index in [-0.39, 0.29) is 23.9 Å². The van der Waals surface area contributed by atoms with Gasteiger partial charge in [-0.05, 0) is 17.7 Å². The van der Waals surface area contributed by atoms with Crippen LogP contribution in [0.2, 0.25) is 0 Å². The third-order valence-corrected chi connectivity index (χ3v) is 4.44. The molecule has 1 rings (SSSR count). The fourth-order valence-corrected chi connectivity index (χ4v) is 3.23. The van der Waals surface area contributed by atoms with Crippen molar-refractivity contribution in [1.82, 2.24) is 0 Å². The summed E-state index contributed by atoms with van der Waals surface area (Å²) in [6, 6.07) is 4.61. The van der Waals surface area contributed by atoms with Crippen molar-refractivity contribution in [2.45, 2.75) is 18.4 Å². The van der Waals surface area contributed by atoms with E-state index in [2.05, 4.69) is 20.7 Å². The van der Waals surface area contributed by atoms with Crippen LogP contribution in [0, 0.1) is 0 Å². The minimum absolute atomic E-state index is 0.0477. The summed E-state index contributed by atoms with van der Waals surface area (Å²) in [5.41, 5.74) is 0.320. The highest BCUT2D eigenvalue weighted by Gasteiger charge is 2.19. The van der Waals surface area contributed by atoms with Crippen LogP contribution in [-0.4, -0.2) is 31.9 Å². The molecule has 0 aliphatic rings. The number of rotatable bonds is 5. The number of hydrogen-bond acceptors (Lipinski definition) is 5. The standard InChI is InChI=1S/C11H13BrO5S/c1-8(14)17-4-5-18(15,16)11-6-10(12)3-2-9(11)7-13/h2-3,6,13H,4-5,7H2,1H3. The van der Waals surface area contributed by atoms with Crippen molar-refractivity contribution in [2.75, 3.05) is 12.4 Å². The van der Waals surface area contributed by atoms with Crippen LogP contribution in [0.4, 0.5) is 0 Å². The Morgan fingerprint density at radius 3 is 2.67 bits per heavy atom. The molecule has 100 valence electrons. The predicted molar refractivity (Wildman–Crippen MR) is 68.8 cm³/mol. The molecule has 0 amide bonds. The molecular weight excluding hydrogens is 324 g/mol. The fourth-order valence-electron chi connectivity index (χ4n) is 1.35. The first kappa shape index (κ1) is 15.1. The molecule has 0 spiro atoms. The normalized spacial score (nSPS) is 11.3. The van der Waals surface area contributed by atoms with Gasteiger partial charge in [-0.2, -0.15) is 0 Å². The molecule has 0 fully saturated rings. The van der Waals surface area contributed by atoms with Crippen molar-refractivity contribution in [3.8, 4) is 0 Å². The lowest BCUT2D eigenvalue weighted by molar-refractivity contribution is -0.140. The van der Waals surface area contributed by atoms with Crippen molar-refractivity contribution in [1.29, 1.82) is 0 Å². The predicted octanol–water partition coefficient (Wildman–Crippen LogP) is 1.28. The SMILES string of the molecule is CC(=O)OCCS(=O)(=O)c1cc(Br)ccc1CO. The summed E-state index contributed by atoms with van der Waals surface area (Å²) in [5, 5.41) is 9.12. The maximum absolute atomic E-state index is 12.0. The van der Waals surface area contributed by atoms with E-state index in [1.165, 1.54) is 19.1 Å². The minimum Gasteiger partial charge on any atom is -0.465 e. The Morgan fingerprint density at radius 2 is 2.11 bits per heavy atom. The highest BCUT2D eigenvalue weighted by atomic mass is 79.9. The lowest BCUT2D eigenvalue weighted by atomic mass is 10.2. The van der Waals surface area contributed by atoms with Crippen molar-refractivity contribution >= 4 is 31.7 Å². The summed E-state index contributed by atoms with van der Waals surface area (Å²) >= 11 is 3.18. The fraction of sp³-hybridized carbons (Fsp3) is 0.364. The Kier molecular flexibility index (Phi) is 5.30. The largest absolute Gasteiger partial charge is 0.465 e. The van der Waals surface area contributed by atoms with E-state index in [9.17, 15) is 13.2 Å². The summed E-state index contributed by atoms with van der Waals surface area (Å²) < 4.78 is 29.3.